The Hall–Kier alpha value is -2.13. The molecule has 1 saturated carbocycles. The Kier molecular flexibility index (Phi) is 5.76. The van der Waals surface area contributed by atoms with Gasteiger partial charge in [-0.1, -0.05) is 49.1 Å². The van der Waals surface area contributed by atoms with Crippen LogP contribution in [0.15, 0.2) is 36.5 Å². The molecule has 0 saturated heterocycles. The number of hydrogen-bond acceptors (Lipinski definition) is 2. The molecule has 0 amide bonds. The monoisotopic (exact) mass is 404 g/mol. The lowest BCUT2D eigenvalue weighted by Gasteiger charge is -2.28. The van der Waals surface area contributed by atoms with Crippen LogP contribution >= 0.6 is 0 Å². The van der Waals surface area contributed by atoms with Crippen LogP contribution in [0.1, 0.15) is 88.8 Å². The minimum absolute atomic E-state index is 0.0313. The van der Waals surface area contributed by atoms with Crippen molar-refractivity contribution in [3.63, 3.8) is 0 Å². The van der Waals surface area contributed by atoms with Crippen molar-refractivity contribution in [1.29, 1.82) is 0 Å². The van der Waals surface area contributed by atoms with Crippen molar-refractivity contribution >= 4 is 11.0 Å². The molecule has 3 aromatic rings. The number of rotatable bonds is 4. The molecule has 4 rings (SSSR count). The van der Waals surface area contributed by atoms with E-state index in [0.29, 0.717) is 6.04 Å². The summed E-state index contributed by atoms with van der Waals surface area (Å²) in [6.07, 6.45) is 8.76. The van der Waals surface area contributed by atoms with Gasteiger partial charge in [-0.25, -0.2) is 4.98 Å². The Bertz CT molecular complexity index is 1020. The Morgan fingerprint density at radius 1 is 1.00 bits per heavy atom. The number of fused-ring (bicyclic) bond motifs is 1. The molecule has 0 N–H and O–H groups in total. The molecule has 1 unspecified atom stereocenters. The SMILES string of the molecule is Cc1ccc(-c2c(C(C)OC(C)(C)C)c(C)nc3c2ccn3C2CCCCC2)cc1. The van der Waals surface area contributed by atoms with Crippen molar-refractivity contribution in [3.8, 4) is 11.1 Å². The summed E-state index contributed by atoms with van der Waals surface area (Å²) >= 11 is 0. The second-order valence-corrected chi connectivity index (χ2v) is 9.98. The van der Waals surface area contributed by atoms with Crippen LogP contribution in [-0.2, 0) is 4.74 Å². The molecule has 2 aromatic heterocycles. The minimum Gasteiger partial charge on any atom is -0.368 e. The van der Waals surface area contributed by atoms with Crippen molar-refractivity contribution in [3.05, 3.63) is 53.3 Å². The lowest BCUT2D eigenvalue weighted by atomic mass is 9.92. The fraction of sp³-hybridized carbons (Fsp3) is 0.519. The highest BCUT2D eigenvalue weighted by atomic mass is 16.5. The van der Waals surface area contributed by atoms with Crippen LogP contribution in [0.25, 0.3) is 22.2 Å². The number of nitrogens with zero attached hydrogens (tertiary/aromatic N) is 2. The van der Waals surface area contributed by atoms with Gasteiger partial charge in [0.1, 0.15) is 5.65 Å². The van der Waals surface area contributed by atoms with Gasteiger partial charge in [0.05, 0.1) is 11.7 Å². The highest BCUT2D eigenvalue weighted by Gasteiger charge is 2.26. The maximum absolute atomic E-state index is 6.42. The van der Waals surface area contributed by atoms with E-state index < -0.39 is 0 Å². The van der Waals surface area contributed by atoms with Crippen LogP contribution in [0.4, 0.5) is 0 Å². The molecule has 1 fully saturated rings. The predicted molar refractivity (Wildman–Crippen MR) is 126 cm³/mol. The van der Waals surface area contributed by atoms with Crippen LogP contribution in [-0.4, -0.2) is 15.2 Å². The van der Waals surface area contributed by atoms with Gasteiger partial charge in [0.2, 0.25) is 0 Å². The minimum atomic E-state index is -0.209. The largest absolute Gasteiger partial charge is 0.368 e. The summed E-state index contributed by atoms with van der Waals surface area (Å²) in [6, 6.07) is 11.7. The van der Waals surface area contributed by atoms with E-state index in [1.54, 1.807) is 0 Å². The Morgan fingerprint density at radius 3 is 2.30 bits per heavy atom. The van der Waals surface area contributed by atoms with E-state index in [2.05, 4.69) is 82.6 Å². The zero-order valence-electron chi connectivity index (χ0n) is 19.5. The van der Waals surface area contributed by atoms with Crippen molar-refractivity contribution < 1.29 is 4.74 Å². The topological polar surface area (TPSA) is 27.1 Å². The van der Waals surface area contributed by atoms with E-state index in [-0.39, 0.29) is 11.7 Å². The average molecular weight is 405 g/mol. The fourth-order valence-electron chi connectivity index (χ4n) is 5.07. The molecule has 3 nitrogen and oxygen atoms in total. The quantitative estimate of drug-likeness (QED) is 0.445. The predicted octanol–water partition coefficient (Wildman–Crippen LogP) is 7.70. The second kappa shape index (κ2) is 8.19. The van der Waals surface area contributed by atoms with E-state index in [1.807, 2.05) is 0 Å². The van der Waals surface area contributed by atoms with Crippen LogP contribution in [0.2, 0.25) is 0 Å². The third kappa shape index (κ3) is 4.18. The van der Waals surface area contributed by atoms with Gasteiger partial charge in [-0.3, -0.25) is 0 Å². The zero-order chi connectivity index (χ0) is 21.5. The van der Waals surface area contributed by atoms with Crippen molar-refractivity contribution in [2.45, 2.75) is 91.4 Å². The first-order chi connectivity index (χ1) is 14.2. The maximum Gasteiger partial charge on any atom is 0.141 e. The fourth-order valence-corrected chi connectivity index (χ4v) is 5.07. The normalized spacial score (nSPS) is 16.9. The van der Waals surface area contributed by atoms with Crippen molar-refractivity contribution in [1.82, 2.24) is 9.55 Å². The summed E-state index contributed by atoms with van der Waals surface area (Å²) < 4.78 is 8.86. The van der Waals surface area contributed by atoms with Crippen LogP contribution in [0, 0.1) is 13.8 Å². The molecule has 3 heteroatoms. The van der Waals surface area contributed by atoms with Crippen LogP contribution < -0.4 is 0 Å². The van der Waals surface area contributed by atoms with Gasteiger partial charge < -0.3 is 9.30 Å². The van der Waals surface area contributed by atoms with E-state index in [1.165, 1.54) is 59.7 Å². The molecule has 30 heavy (non-hydrogen) atoms. The number of ether oxygens (including phenoxy) is 1. The molecule has 0 aliphatic heterocycles. The molecule has 1 atom stereocenters. The Labute approximate surface area is 181 Å². The van der Waals surface area contributed by atoms with Gasteiger partial charge in [-0.2, -0.15) is 0 Å². The summed E-state index contributed by atoms with van der Waals surface area (Å²) in [4.78, 5) is 5.15. The van der Waals surface area contributed by atoms with E-state index in [9.17, 15) is 0 Å². The summed E-state index contributed by atoms with van der Waals surface area (Å²) in [5.74, 6) is 0. The van der Waals surface area contributed by atoms with Crippen molar-refractivity contribution in [2.75, 3.05) is 0 Å². The molecule has 2 heterocycles. The van der Waals surface area contributed by atoms with Gasteiger partial charge in [0.15, 0.2) is 0 Å². The smallest absolute Gasteiger partial charge is 0.141 e. The Morgan fingerprint density at radius 2 is 1.67 bits per heavy atom. The standard InChI is InChI=1S/C27H36N2O/c1-18-12-14-21(15-13-18)25-23-16-17-29(22-10-8-7-9-11-22)26(23)28-19(2)24(25)20(3)30-27(4,5)6/h12-17,20,22H,7-11H2,1-6H3. The molecular weight excluding hydrogens is 368 g/mol. The number of hydrogen-bond donors (Lipinski definition) is 0. The number of aromatic nitrogens is 2. The highest BCUT2D eigenvalue weighted by molar-refractivity contribution is 5.96. The average Bonchev–Trinajstić information content (AvgIpc) is 3.10. The molecule has 0 spiro atoms. The summed E-state index contributed by atoms with van der Waals surface area (Å²) in [5.41, 5.74) is 7.01. The van der Waals surface area contributed by atoms with Gasteiger partial charge in [0.25, 0.3) is 0 Å². The molecule has 160 valence electrons. The van der Waals surface area contributed by atoms with Gasteiger partial charge in [-0.05, 0) is 66.0 Å². The molecule has 0 bridgehead atoms. The first-order valence-electron chi connectivity index (χ1n) is 11.5. The molecule has 1 aliphatic carbocycles. The molecule has 1 aliphatic rings. The van der Waals surface area contributed by atoms with Crippen LogP contribution in [0.5, 0.6) is 0 Å². The lowest BCUT2D eigenvalue weighted by Crippen LogP contribution is -2.22. The number of pyridine rings is 1. The molecule has 0 radical (unpaired) electrons. The second-order valence-electron chi connectivity index (χ2n) is 9.98. The van der Waals surface area contributed by atoms with Gasteiger partial charge >= 0.3 is 0 Å². The van der Waals surface area contributed by atoms with E-state index >= 15 is 0 Å². The first kappa shape index (κ1) is 21.1. The summed E-state index contributed by atoms with van der Waals surface area (Å²) in [7, 11) is 0. The highest BCUT2D eigenvalue weighted by Crippen LogP contribution is 2.41. The third-order valence-electron chi connectivity index (χ3n) is 6.33. The number of aryl methyl sites for hydroxylation is 2. The molecular formula is C27H36N2O. The summed E-state index contributed by atoms with van der Waals surface area (Å²) in [6.45, 7) is 12.8. The van der Waals surface area contributed by atoms with Crippen molar-refractivity contribution in [2.24, 2.45) is 0 Å². The first-order valence-corrected chi connectivity index (χ1v) is 11.5. The van der Waals surface area contributed by atoms with Gasteiger partial charge in [0, 0.05) is 34.4 Å². The van der Waals surface area contributed by atoms with Crippen LogP contribution in [0.3, 0.4) is 0 Å². The Balaban J connectivity index is 1.92. The number of benzene rings is 1. The summed E-state index contributed by atoms with van der Waals surface area (Å²) in [5, 5.41) is 1.24. The van der Waals surface area contributed by atoms with E-state index in [4.69, 9.17) is 9.72 Å². The third-order valence-corrected chi connectivity index (χ3v) is 6.33. The van der Waals surface area contributed by atoms with E-state index in [0.717, 1.165) is 11.3 Å². The van der Waals surface area contributed by atoms with Gasteiger partial charge in [-0.15, -0.1) is 0 Å². The molecule has 1 aromatic carbocycles. The zero-order valence-corrected chi connectivity index (χ0v) is 19.5. The maximum atomic E-state index is 6.42. The lowest BCUT2D eigenvalue weighted by molar-refractivity contribution is -0.0530.